The Morgan fingerprint density at radius 3 is 2.40 bits per heavy atom. The highest BCUT2D eigenvalue weighted by Crippen LogP contribution is 2.46. The van der Waals surface area contributed by atoms with E-state index in [1.807, 2.05) is 18.2 Å². The number of halogens is 1. The van der Waals surface area contributed by atoms with Gasteiger partial charge in [-0.2, -0.15) is 0 Å². The van der Waals surface area contributed by atoms with E-state index in [-0.39, 0.29) is 23.4 Å². The fraction of sp³-hybridized carbons (Fsp3) is 0.200. The molecule has 2 aromatic carbocycles. The summed E-state index contributed by atoms with van der Waals surface area (Å²) in [5.74, 6) is 0.453. The zero-order valence-corrected chi connectivity index (χ0v) is 16.8. The number of pyridine rings is 1. The van der Waals surface area contributed by atoms with Gasteiger partial charge in [0.25, 0.3) is 0 Å². The number of hydrogen-bond donors (Lipinski definition) is 0. The second kappa shape index (κ2) is 8.49. The van der Waals surface area contributed by atoms with Crippen molar-refractivity contribution in [3.05, 3.63) is 95.4 Å². The lowest BCUT2D eigenvalue weighted by Gasteiger charge is -2.20. The number of carbonyl (C=O) groups is 1. The second-order valence-electron chi connectivity index (χ2n) is 7.23. The summed E-state index contributed by atoms with van der Waals surface area (Å²) >= 11 is 0. The number of benzene rings is 2. The number of carbonyl (C=O) groups excluding carboxylic acids is 1. The van der Waals surface area contributed by atoms with E-state index in [0.29, 0.717) is 23.6 Å². The van der Waals surface area contributed by atoms with Crippen molar-refractivity contribution in [2.45, 2.75) is 12.3 Å². The summed E-state index contributed by atoms with van der Waals surface area (Å²) in [6.45, 7) is 0. The summed E-state index contributed by atoms with van der Waals surface area (Å²) in [4.78, 5) is 17.8. The lowest BCUT2D eigenvalue weighted by molar-refractivity contribution is 0.0934. The Labute approximate surface area is 175 Å². The summed E-state index contributed by atoms with van der Waals surface area (Å²) in [6, 6.07) is 17.3. The molecule has 3 aromatic rings. The van der Waals surface area contributed by atoms with Gasteiger partial charge in [-0.3, -0.25) is 4.79 Å². The lowest BCUT2D eigenvalue weighted by Crippen LogP contribution is -2.18. The minimum Gasteiger partial charge on any atom is -0.497 e. The maximum atomic E-state index is 13.5. The largest absolute Gasteiger partial charge is 0.497 e. The van der Waals surface area contributed by atoms with Gasteiger partial charge >= 0.3 is 0 Å². The Bertz CT molecular complexity index is 1070. The molecule has 0 bridgehead atoms. The smallest absolute Gasteiger partial charge is 0.216 e. The summed E-state index contributed by atoms with van der Waals surface area (Å²) in [5, 5.41) is 0. The van der Waals surface area contributed by atoms with Crippen LogP contribution in [0.5, 0.6) is 11.6 Å². The average molecular weight is 403 g/mol. The molecule has 5 heteroatoms. The summed E-state index contributed by atoms with van der Waals surface area (Å²) in [6.07, 6.45) is 4.31. The molecular formula is C25H22FNO3. The number of hydrogen-bond acceptors (Lipinski definition) is 4. The van der Waals surface area contributed by atoms with E-state index < -0.39 is 0 Å². The Hall–Kier alpha value is -3.47. The van der Waals surface area contributed by atoms with Crippen molar-refractivity contribution in [2.24, 2.45) is 5.92 Å². The molecule has 152 valence electrons. The van der Waals surface area contributed by atoms with Gasteiger partial charge in [0.2, 0.25) is 5.88 Å². The molecule has 1 aromatic heterocycles. The highest BCUT2D eigenvalue weighted by molar-refractivity contribution is 6.01. The van der Waals surface area contributed by atoms with Gasteiger partial charge in [-0.1, -0.05) is 24.3 Å². The van der Waals surface area contributed by atoms with Gasteiger partial charge in [0.05, 0.1) is 14.2 Å². The maximum Gasteiger partial charge on any atom is 0.216 e. The number of nitrogens with zero attached hydrogens (tertiary/aromatic N) is 1. The first-order chi connectivity index (χ1) is 14.6. The molecule has 1 aliphatic rings. The first-order valence-electron chi connectivity index (χ1n) is 9.74. The molecule has 0 amide bonds. The van der Waals surface area contributed by atoms with Crippen molar-refractivity contribution in [2.75, 3.05) is 14.2 Å². The van der Waals surface area contributed by atoms with Gasteiger partial charge in [0.15, 0.2) is 5.78 Å². The number of aromatic nitrogens is 1. The monoisotopic (exact) mass is 403 g/mol. The van der Waals surface area contributed by atoms with Crippen molar-refractivity contribution >= 4 is 11.4 Å². The van der Waals surface area contributed by atoms with Crippen LogP contribution in [0.2, 0.25) is 0 Å². The number of ketones is 1. The molecule has 0 fully saturated rings. The normalized spacial score (nSPS) is 18.0. The highest BCUT2D eigenvalue weighted by atomic mass is 19.1. The van der Waals surface area contributed by atoms with Crippen LogP contribution in [0.1, 0.15) is 33.8 Å². The topological polar surface area (TPSA) is 48.4 Å². The van der Waals surface area contributed by atoms with Crippen LogP contribution in [0.15, 0.2) is 72.9 Å². The van der Waals surface area contributed by atoms with Gasteiger partial charge in [-0.25, -0.2) is 9.37 Å². The molecule has 30 heavy (non-hydrogen) atoms. The van der Waals surface area contributed by atoms with Crippen LogP contribution < -0.4 is 9.47 Å². The number of rotatable bonds is 6. The van der Waals surface area contributed by atoms with Crippen molar-refractivity contribution in [1.82, 2.24) is 4.98 Å². The zero-order valence-electron chi connectivity index (χ0n) is 16.8. The summed E-state index contributed by atoms with van der Waals surface area (Å²) in [5.41, 5.74) is 3.43. The summed E-state index contributed by atoms with van der Waals surface area (Å²) < 4.78 is 24.1. The Morgan fingerprint density at radius 2 is 1.73 bits per heavy atom. The second-order valence-corrected chi connectivity index (χ2v) is 7.23. The molecule has 0 saturated carbocycles. The Balaban J connectivity index is 1.74. The van der Waals surface area contributed by atoms with Crippen LogP contribution in [0, 0.1) is 11.7 Å². The van der Waals surface area contributed by atoms with E-state index in [0.717, 1.165) is 16.7 Å². The molecule has 1 aliphatic carbocycles. The van der Waals surface area contributed by atoms with E-state index in [4.69, 9.17) is 9.47 Å². The standard InChI is InChI=1S/C25H22FNO3/c1-29-20-11-7-17(8-12-20)24(28)23-15-18(16-5-9-19(26)10-6-16)14-22(23)21-4-3-13-27-25(21)30-2/h3-13,15,22-23H,14H2,1-2H3. The molecule has 2 atom stereocenters. The molecule has 0 N–H and O–H groups in total. The fourth-order valence-electron chi connectivity index (χ4n) is 4.01. The minimum atomic E-state index is -0.378. The van der Waals surface area contributed by atoms with Crippen LogP contribution in [0.4, 0.5) is 4.39 Å². The van der Waals surface area contributed by atoms with Crippen LogP contribution in [0.3, 0.4) is 0 Å². The Kier molecular flexibility index (Phi) is 5.61. The third kappa shape index (κ3) is 3.83. The van der Waals surface area contributed by atoms with Crippen LogP contribution >= 0.6 is 0 Å². The quantitative estimate of drug-likeness (QED) is 0.524. The van der Waals surface area contributed by atoms with Crippen molar-refractivity contribution in [3.8, 4) is 11.6 Å². The Morgan fingerprint density at radius 1 is 1.00 bits per heavy atom. The molecule has 0 saturated heterocycles. The predicted octanol–water partition coefficient (Wildman–Crippen LogP) is 5.31. The molecule has 2 unspecified atom stereocenters. The first-order valence-corrected chi connectivity index (χ1v) is 9.74. The van der Waals surface area contributed by atoms with E-state index in [9.17, 15) is 9.18 Å². The third-order valence-electron chi connectivity index (χ3n) is 5.54. The molecule has 4 rings (SSSR count). The van der Waals surface area contributed by atoms with Crippen LogP contribution in [-0.2, 0) is 0 Å². The van der Waals surface area contributed by atoms with Crippen molar-refractivity contribution < 1.29 is 18.7 Å². The van der Waals surface area contributed by atoms with Crippen LogP contribution in [0.25, 0.3) is 5.57 Å². The van der Waals surface area contributed by atoms with E-state index >= 15 is 0 Å². The molecule has 1 heterocycles. The van der Waals surface area contributed by atoms with Gasteiger partial charge in [0, 0.05) is 29.2 Å². The molecule has 0 spiro atoms. The molecular weight excluding hydrogens is 381 g/mol. The van der Waals surface area contributed by atoms with Crippen LogP contribution in [-0.4, -0.2) is 25.0 Å². The molecule has 4 nitrogen and oxygen atoms in total. The zero-order chi connectivity index (χ0) is 21.1. The highest BCUT2D eigenvalue weighted by Gasteiger charge is 2.36. The predicted molar refractivity (Wildman–Crippen MR) is 113 cm³/mol. The van der Waals surface area contributed by atoms with E-state index in [1.54, 1.807) is 56.8 Å². The lowest BCUT2D eigenvalue weighted by atomic mass is 9.83. The minimum absolute atomic E-state index is 0.0191. The molecule has 0 aliphatic heterocycles. The first kappa shape index (κ1) is 19.8. The van der Waals surface area contributed by atoms with E-state index in [2.05, 4.69) is 4.98 Å². The number of methoxy groups -OCH3 is 2. The number of ether oxygens (including phenoxy) is 2. The molecule has 0 radical (unpaired) electrons. The van der Waals surface area contributed by atoms with Crippen molar-refractivity contribution in [1.29, 1.82) is 0 Å². The van der Waals surface area contributed by atoms with Crippen molar-refractivity contribution in [3.63, 3.8) is 0 Å². The van der Waals surface area contributed by atoms with Gasteiger partial charge in [0.1, 0.15) is 11.6 Å². The average Bonchev–Trinajstić information content (AvgIpc) is 3.24. The van der Waals surface area contributed by atoms with Gasteiger partial charge in [-0.05, 0) is 60.0 Å². The number of Topliss-reactive ketones (excluding diaryl/α,β-unsaturated/α-hetero) is 1. The fourth-order valence-corrected chi connectivity index (χ4v) is 4.01. The third-order valence-corrected chi connectivity index (χ3v) is 5.54. The van der Waals surface area contributed by atoms with Gasteiger partial charge in [-0.15, -0.1) is 0 Å². The van der Waals surface area contributed by atoms with E-state index in [1.165, 1.54) is 12.1 Å². The SMILES string of the molecule is COc1ccc(C(=O)C2C=C(c3ccc(F)cc3)CC2c2cccnc2OC)cc1. The van der Waals surface area contributed by atoms with Gasteiger partial charge < -0.3 is 9.47 Å². The number of allylic oxidation sites excluding steroid dienone is 2. The summed E-state index contributed by atoms with van der Waals surface area (Å²) in [7, 11) is 3.17. The maximum absolute atomic E-state index is 13.5.